The van der Waals surface area contributed by atoms with E-state index in [0.29, 0.717) is 13.1 Å². The minimum Gasteiger partial charge on any atom is -0.507 e. The predicted octanol–water partition coefficient (Wildman–Crippen LogP) is 9.47. The lowest BCUT2D eigenvalue weighted by molar-refractivity contribution is -0.160. The van der Waals surface area contributed by atoms with E-state index in [1.54, 1.807) is 46.8 Å². The smallest absolute Gasteiger partial charge is 0.312 e. The van der Waals surface area contributed by atoms with Crippen LogP contribution in [0.25, 0.3) is 10.8 Å². The number of ketones is 1. The summed E-state index contributed by atoms with van der Waals surface area (Å²) in [5, 5.41) is 68.4. The number of nitrogens with zero attached hydrogens (tertiary/aromatic N) is 2. The number of carbonyl (C=O) groups excluding carboxylic acids is 3. The van der Waals surface area contributed by atoms with Gasteiger partial charge in [-0.05, 0) is 32.8 Å². The normalized spacial score (nSPS) is 30.9. The molecule has 2 aromatic rings. The van der Waals surface area contributed by atoms with Gasteiger partial charge in [0.15, 0.2) is 5.75 Å². The highest BCUT2D eigenvalue weighted by atomic mass is 16.7. The third-order valence-electron chi connectivity index (χ3n) is 14.2. The fourth-order valence-corrected chi connectivity index (χ4v) is 9.77. The van der Waals surface area contributed by atoms with E-state index in [1.807, 2.05) is 5.01 Å². The van der Waals surface area contributed by atoms with Crippen molar-refractivity contribution in [3.8, 4) is 23.0 Å². The van der Waals surface area contributed by atoms with Crippen LogP contribution in [0.4, 0.5) is 5.69 Å². The number of hydrazone groups is 1. The molecule has 1 saturated heterocycles. The van der Waals surface area contributed by atoms with E-state index in [1.165, 1.54) is 97.5 Å². The van der Waals surface area contributed by atoms with E-state index in [9.17, 15) is 39.9 Å². The molecule has 4 aliphatic heterocycles. The van der Waals surface area contributed by atoms with Crippen LogP contribution >= 0.6 is 0 Å². The topological polar surface area (TPSA) is 217 Å². The van der Waals surface area contributed by atoms with Crippen molar-refractivity contribution < 1.29 is 58.9 Å². The number of esters is 1. The fraction of sp³-hybridized carbons (Fsp3) is 0.623. The Bertz CT molecular complexity index is 2200. The van der Waals surface area contributed by atoms with Crippen LogP contribution < -0.4 is 10.1 Å². The van der Waals surface area contributed by atoms with Gasteiger partial charge in [-0.15, -0.1) is 0 Å². The predicted molar refractivity (Wildman–Crippen MR) is 263 cm³/mol. The number of nitrogens with one attached hydrogen (secondary N) is 1. The number of phenolic OH excluding ortho intramolecular Hbond substituents is 3. The summed E-state index contributed by atoms with van der Waals surface area (Å²) in [5.74, 6) is -8.23. The van der Waals surface area contributed by atoms with Gasteiger partial charge >= 0.3 is 11.8 Å². The summed E-state index contributed by atoms with van der Waals surface area (Å²) >= 11 is 0. The summed E-state index contributed by atoms with van der Waals surface area (Å²) < 4.78 is 23.9. The maximum Gasteiger partial charge on any atom is 0.312 e. The van der Waals surface area contributed by atoms with Gasteiger partial charge in [0.25, 0.3) is 11.7 Å². The largest absolute Gasteiger partial charge is 0.507 e. The lowest BCUT2D eigenvalue weighted by Crippen LogP contribution is -2.46. The molecule has 1 amide bonds. The third kappa shape index (κ3) is 12.6. The number of Topliss-reactive ketones (excluding diaryl/α,β-unsaturated/α-hetero) is 1. The standard InChI is InChI=1S/C53H77N3O12/c1-31-24-23-25-32(2)52(64)55-43-38(30-54-56-27-21-19-17-15-13-11-10-12-14-16-18-20-22-28-56)47(61)40-41(48(43)62)46(60)36(6)50-42(40)51(63)53(8,68-50)66-29-26-39(65-9)33(3)49(67-37(7)57)35(5)45(59)34(4)44(31)58/h23-26,29-31,33-35,39,44-45,49,58-62H,10-22,27-28H2,1-9H3,(H,55,64)/b24-23+,29-26+,32-25+,54-30+. The molecule has 0 aromatic heterocycles. The SMILES string of the molecule is COC1/C=C/OC2(C)Oc3c(C)c(O)c4c(O)c(c(/C=N/N5CCCCCCCCCCCCCCC5)c(O)c4c3C2=O)NC(=O)/C(C)=C/C=C/C(C)C(O)C(C)C(O)C(C)C(OC(C)=O)C1C. The van der Waals surface area contributed by atoms with Gasteiger partial charge in [-0.2, -0.15) is 5.10 Å². The summed E-state index contributed by atoms with van der Waals surface area (Å²) in [7, 11) is 1.45. The van der Waals surface area contributed by atoms with Gasteiger partial charge in [-0.1, -0.05) is 117 Å². The van der Waals surface area contributed by atoms with Gasteiger partial charge in [0.2, 0.25) is 0 Å². The Hall–Kier alpha value is -5.12. The minimum absolute atomic E-state index is 0.0696. The van der Waals surface area contributed by atoms with Crippen LogP contribution in [0.5, 0.6) is 23.0 Å². The van der Waals surface area contributed by atoms with Crippen LogP contribution in [0.15, 0.2) is 41.2 Å². The Balaban J connectivity index is 1.66. The van der Waals surface area contributed by atoms with Gasteiger partial charge in [0, 0.05) is 74.2 Å². The van der Waals surface area contributed by atoms with Crippen molar-refractivity contribution in [2.75, 3.05) is 25.5 Å². The van der Waals surface area contributed by atoms with Crippen molar-refractivity contribution in [1.82, 2.24) is 5.01 Å². The molecule has 15 nitrogen and oxygen atoms in total. The zero-order valence-electron chi connectivity index (χ0n) is 41.7. The van der Waals surface area contributed by atoms with Crippen LogP contribution in [0.3, 0.4) is 0 Å². The zero-order chi connectivity index (χ0) is 49.9. The monoisotopic (exact) mass is 948 g/mol. The minimum atomic E-state index is -2.05. The van der Waals surface area contributed by atoms with Crippen LogP contribution in [0.2, 0.25) is 0 Å². The molecule has 6 rings (SSSR count). The molecule has 9 atom stereocenters. The number of allylic oxidation sites excluding steroid dienone is 2. The number of aromatic hydroxyl groups is 3. The average molecular weight is 948 g/mol. The van der Waals surface area contributed by atoms with Crippen LogP contribution in [-0.4, -0.2) is 105 Å². The second-order valence-corrected chi connectivity index (χ2v) is 19.4. The highest BCUT2D eigenvalue weighted by Crippen LogP contribution is 2.55. The molecule has 0 aliphatic carbocycles. The van der Waals surface area contributed by atoms with E-state index in [0.717, 1.165) is 38.5 Å². The first-order valence-electron chi connectivity index (χ1n) is 24.7. The number of carbonyl (C=O) groups is 3. The number of aliphatic hydroxyl groups excluding tert-OH is 2. The Labute approximate surface area is 402 Å². The van der Waals surface area contributed by atoms with Gasteiger partial charge in [0.05, 0.1) is 53.0 Å². The highest BCUT2D eigenvalue weighted by Gasteiger charge is 2.50. The molecule has 1 fully saturated rings. The Morgan fingerprint density at radius 3 is 1.94 bits per heavy atom. The van der Waals surface area contributed by atoms with Crippen molar-refractivity contribution in [2.45, 2.75) is 169 Å². The lowest BCUT2D eigenvalue weighted by Gasteiger charge is -2.38. The number of hydrogen-bond donors (Lipinski definition) is 6. The maximum absolute atomic E-state index is 14.7. The lowest BCUT2D eigenvalue weighted by atomic mass is 9.78. The third-order valence-corrected chi connectivity index (χ3v) is 14.2. The van der Waals surface area contributed by atoms with Gasteiger partial charge in [0.1, 0.15) is 23.4 Å². The summed E-state index contributed by atoms with van der Waals surface area (Å²) in [4.78, 5) is 41.1. The first-order chi connectivity index (χ1) is 32.3. The average Bonchev–Trinajstić information content (AvgIpc) is 3.57. The van der Waals surface area contributed by atoms with E-state index in [4.69, 9.17) is 24.0 Å². The van der Waals surface area contributed by atoms with Gasteiger partial charge in [-0.25, -0.2) is 0 Å². The maximum atomic E-state index is 14.7. The van der Waals surface area contributed by atoms with E-state index in [-0.39, 0.29) is 44.5 Å². The van der Waals surface area contributed by atoms with Gasteiger partial charge < -0.3 is 49.8 Å². The molecule has 15 heteroatoms. The molecule has 68 heavy (non-hydrogen) atoms. The molecule has 4 heterocycles. The van der Waals surface area contributed by atoms with Crippen molar-refractivity contribution in [2.24, 2.45) is 28.8 Å². The number of rotatable bonds is 4. The number of aliphatic hydroxyl groups is 2. The van der Waals surface area contributed by atoms with Crippen molar-refractivity contribution in [1.29, 1.82) is 0 Å². The molecular formula is C53H77N3O12. The van der Waals surface area contributed by atoms with E-state index >= 15 is 0 Å². The number of benzene rings is 2. The quantitative estimate of drug-likeness (QED) is 0.0730. The number of hydrogen-bond acceptors (Lipinski definition) is 14. The molecule has 0 saturated carbocycles. The van der Waals surface area contributed by atoms with Crippen molar-refractivity contribution in [3.05, 3.63) is 52.8 Å². The van der Waals surface area contributed by atoms with Crippen LogP contribution in [0, 0.1) is 30.6 Å². The second-order valence-electron chi connectivity index (χ2n) is 19.4. The summed E-state index contributed by atoms with van der Waals surface area (Å²) in [6.45, 7) is 14.0. The molecule has 4 aliphatic rings. The number of phenols is 3. The molecule has 0 spiro atoms. The number of anilines is 1. The van der Waals surface area contributed by atoms with Crippen LogP contribution in [0.1, 0.15) is 153 Å². The second kappa shape index (κ2) is 24.4. The number of amides is 1. The van der Waals surface area contributed by atoms with Crippen LogP contribution in [-0.2, 0) is 23.8 Å². The molecule has 9 unspecified atom stereocenters. The molecular weight excluding hydrogens is 871 g/mol. The first-order valence-corrected chi connectivity index (χ1v) is 24.7. The Morgan fingerprint density at radius 1 is 0.809 bits per heavy atom. The summed E-state index contributed by atoms with van der Waals surface area (Å²) in [6, 6.07) is 0. The Morgan fingerprint density at radius 2 is 1.38 bits per heavy atom. The summed E-state index contributed by atoms with van der Waals surface area (Å²) in [6.07, 6.45) is 19.9. The zero-order valence-corrected chi connectivity index (χ0v) is 41.7. The van der Waals surface area contributed by atoms with Crippen molar-refractivity contribution in [3.63, 3.8) is 0 Å². The fourth-order valence-electron chi connectivity index (χ4n) is 9.77. The molecule has 376 valence electrons. The van der Waals surface area contributed by atoms with E-state index < -0.39 is 88.8 Å². The highest BCUT2D eigenvalue weighted by molar-refractivity contribution is 6.23. The Kier molecular flexibility index (Phi) is 19.3. The molecule has 0 radical (unpaired) electrons. The van der Waals surface area contributed by atoms with E-state index in [2.05, 4.69) is 5.32 Å². The van der Waals surface area contributed by atoms with Crippen molar-refractivity contribution >= 4 is 40.3 Å². The number of ether oxygens (including phenoxy) is 4. The first kappa shape index (κ1) is 53.8. The molecule has 5 bridgehead atoms. The van der Waals surface area contributed by atoms with Gasteiger partial charge in [-0.3, -0.25) is 19.4 Å². The number of methoxy groups -OCH3 is 1. The summed E-state index contributed by atoms with van der Waals surface area (Å²) in [5.41, 5.74) is -0.238. The molecule has 2 aromatic carbocycles. The molecule has 6 N–H and O–H groups in total. The number of fused-ring (bicyclic) bond motifs is 14.